The fraction of sp³-hybridized carbons (Fsp3) is 0.240. The number of aromatic nitrogens is 5. The highest BCUT2D eigenvalue weighted by molar-refractivity contribution is 6.06. The van der Waals surface area contributed by atoms with Gasteiger partial charge in [0.15, 0.2) is 5.82 Å². The zero-order chi connectivity index (χ0) is 24.0. The maximum Gasteiger partial charge on any atom is 0.278 e. The minimum atomic E-state index is -0.283. The lowest BCUT2D eigenvalue weighted by atomic mass is 10.1. The molecule has 0 bridgehead atoms. The van der Waals surface area contributed by atoms with Gasteiger partial charge in [0.05, 0.1) is 11.8 Å². The van der Waals surface area contributed by atoms with Crippen molar-refractivity contribution in [3.8, 4) is 0 Å². The Balaban J connectivity index is 1.60. The summed E-state index contributed by atoms with van der Waals surface area (Å²) >= 11 is 0. The van der Waals surface area contributed by atoms with Gasteiger partial charge in [0.25, 0.3) is 5.56 Å². The van der Waals surface area contributed by atoms with E-state index in [9.17, 15) is 9.59 Å². The number of hydrogen-bond donors (Lipinski definition) is 1. The first-order valence-corrected chi connectivity index (χ1v) is 10.9. The molecule has 34 heavy (non-hydrogen) atoms. The highest BCUT2D eigenvalue weighted by Crippen LogP contribution is 2.27. The van der Waals surface area contributed by atoms with Crippen LogP contribution in [-0.4, -0.2) is 30.2 Å². The van der Waals surface area contributed by atoms with Crippen LogP contribution in [0.1, 0.15) is 28.4 Å². The van der Waals surface area contributed by atoms with Crippen LogP contribution in [-0.2, 0) is 17.9 Å². The molecule has 2 aromatic carbocycles. The number of anilines is 1. The average molecular weight is 457 g/mol. The Labute approximate surface area is 195 Å². The molecule has 0 spiro atoms. The lowest BCUT2D eigenvalue weighted by Crippen LogP contribution is -2.25. The zero-order valence-electron chi connectivity index (χ0n) is 19.4. The molecule has 1 amide bonds. The van der Waals surface area contributed by atoms with E-state index < -0.39 is 0 Å². The molecule has 0 fully saturated rings. The summed E-state index contributed by atoms with van der Waals surface area (Å²) in [5.41, 5.74) is 5.28. The summed E-state index contributed by atoms with van der Waals surface area (Å²) in [5, 5.41) is 7.58. The van der Waals surface area contributed by atoms with Crippen molar-refractivity contribution in [1.29, 1.82) is 0 Å². The Morgan fingerprint density at radius 3 is 2.56 bits per heavy atom. The fourth-order valence-electron chi connectivity index (χ4n) is 4.23. The Bertz CT molecular complexity index is 1630. The van der Waals surface area contributed by atoms with Crippen LogP contribution in [0.4, 0.5) is 5.69 Å². The molecule has 3 aromatic heterocycles. The number of carbonyl (C=O) groups is 1. The maximum atomic E-state index is 13.5. The summed E-state index contributed by atoms with van der Waals surface area (Å²) in [6.07, 6.45) is 1.48. The zero-order valence-corrected chi connectivity index (χ0v) is 19.4. The number of rotatable bonds is 5. The van der Waals surface area contributed by atoms with Crippen LogP contribution in [0.25, 0.3) is 21.9 Å². The molecular formula is C25H24N6O3. The predicted octanol–water partition coefficient (Wildman–Crippen LogP) is 3.65. The molecule has 0 saturated carbocycles. The number of hydrogen-bond acceptors (Lipinski definition) is 6. The smallest absolute Gasteiger partial charge is 0.278 e. The molecule has 0 aliphatic heterocycles. The van der Waals surface area contributed by atoms with E-state index in [1.54, 1.807) is 11.5 Å². The van der Waals surface area contributed by atoms with E-state index in [0.29, 0.717) is 22.7 Å². The van der Waals surface area contributed by atoms with Crippen molar-refractivity contribution in [1.82, 2.24) is 24.3 Å². The van der Waals surface area contributed by atoms with E-state index in [1.807, 2.05) is 57.2 Å². The lowest BCUT2D eigenvalue weighted by molar-refractivity contribution is -0.116. The first kappa shape index (κ1) is 21.6. The Morgan fingerprint density at radius 2 is 1.82 bits per heavy atom. The van der Waals surface area contributed by atoms with E-state index in [4.69, 9.17) is 4.52 Å². The molecule has 3 heterocycles. The summed E-state index contributed by atoms with van der Waals surface area (Å²) < 4.78 is 8.32. The topological polar surface area (TPSA) is 108 Å². The second-order valence-corrected chi connectivity index (χ2v) is 8.58. The van der Waals surface area contributed by atoms with E-state index in [-0.39, 0.29) is 24.6 Å². The van der Waals surface area contributed by atoms with Crippen LogP contribution >= 0.6 is 0 Å². The Kier molecular flexibility index (Phi) is 5.24. The molecule has 0 saturated heterocycles. The number of aryl methyl sites for hydroxylation is 4. The second-order valence-electron chi connectivity index (χ2n) is 8.58. The third-order valence-corrected chi connectivity index (χ3v) is 5.81. The van der Waals surface area contributed by atoms with E-state index >= 15 is 0 Å². The highest BCUT2D eigenvalue weighted by Gasteiger charge is 2.19. The van der Waals surface area contributed by atoms with Crippen LogP contribution in [0.2, 0.25) is 0 Å². The summed E-state index contributed by atoms with van der Waals surface area (Å²) in [7, 11) is 0. The SMILES string of the molecule is Cc1ccc(NC(=O)Cn2c3ccc(C)cc3c3ncn(Cc4nc(C)no4)c(=O)c32)c(C)c1. The molecule has 9 nitrogen and oxygen atoms in total. The van der Waals surface area contributed by atoms with Gasteiger partial charge in [-0.15, -0.1) is 0 Å². The second kappa shape index (κ2) is 8.26. The number of nitrogens with one attached hydrogen (secondary N) is 1. The van der Waals surface area contributed by atoms with E-state index in [2.05, 4.69) is 20.4 Å². The number of nitrogens with zero attached hydrogens (tertiary/aromatic N) is 5. The highest BCUT2D eigenvalue weighted by atomic mass is 16.5. The number of carbonyl (C=O) groups excluding carboxylic acids is 1. The normalized spacial score (nSPS) is 11.4. The third kappa shape index (κ3) is 3.85. The summed E-state index contributed by atoms with van der Waals surface area (Å²) in [6.45, 7) is 7.72. The van der Waals surface area contributed by atoms with Crippen molar-refractivity contribution in [2.24, 2.45) is 0 Å². The molecule has 0 unspecified atom stereocenters. The van der Waals surface area contributed by atoms with Gasteiger partial charge in [0, 0.05) is 11.1 Å². The third-order valence-electron chi connectivity index (χ3n) is 5.81. The molecule has 5 aromatic rings. The molecule has 0 aliphatic rings. The number of benzene rings is 2. The van der Waals surface area contributed by atoms with E-state index in [1.165, 1.54) is 10.9 Å². The van der Waals surface area contributed by atoms with Crippen LogP contribution in [0.3, 0.4) is 0 Å². The van der Waals surface area contributed by atoms with Crippen LogP contribution < -0.4 is 10.9 Å². The van der Waals surface area contributed by atoms with Gasteiger partial charge in [-0.05, 0) is 51.5 Å². The van der Waals surface area contributed by atoms with Crippen molar-refractivity contribution in [2.75, 3.05) is 5.32 Å². The Morgan fingerprint density at radius 1 is 1.06 bits per heavy atom. The molecule has 5 rings (SSSR count). The van der Waals surface area contributed by atoms with E-state index in [0.717, 1.165) is 33.3 Å². The van der Waals surface area contributed by atoms with Crippen molar-refractivity contribution >= 4 is 33.5 Å². The van der Waals surface area contributed by atoms with Gasteiger partial charge in [0.2, 0.25) is 11.8 Å². The molecule has 9 heteroatoms. The summed E-state index contributed by atoms with van der Waals surface area (Å²) in [5.74, 6) is 0.574. The van der Waals surface area contributed by atoms with Gasteiger partial charge in [-0.3, -0.25) is 14.2 Å². The van der Waals surface area contributed by atoms with Crippen molar-refractivity contribution in [2.45, 2.75) is 40.8 Å². The first-order chi connectivity index (χ1) is 16.3. The quantitative estimate of drug-likeness (QED) is 0.432. The van der Waals surface area contributed by atoms with Gasteiger partial charge < -0.3 is 14.4 Å². The average Bonchev–Trinajstić information content (AvgIpc) is 3.33. The largest absolute Gasteiger partial charge is 0.337 e. The van der Waals surface area contributed by atoms with Gasteiger partial charge in [-0.1, -0.05) is 34.5 Å². The molecule has 0 aliphatic carbocycles. The molecule has 1 N–H and O–H groups in total. The minimum absolute atomic E-state index is 0.0308. The van der Waals surface area contributed by atoms with Crippen molar-refractivity contribution in [3.63, 3.8) is 0 Å². The standard InChI is InChI=1S/C25H24N6O3/c1-14-5-7-19(16(3)9-14)28-21(32)11-31-20-8-6-15(2)10-18(20)23-24(31)25(33)30(13-26-23)12-22-27-17(4)29-34-22/h5-10,13H,11-12H2,1-4H3,(H,28,32). The summed E-state index contributed by atoms with van der Waals surface area (Å²) in [4.78, 5) is 35.3. The molecule has 172 valence electrons. The molecule has 0 atom stereocenters. The lowest BCUT2D eigenvalue weighted by Gasteiger charge is -2.11. The monoisotopic (exact) mass is 456 g/mol. The van der Waals surface area contributed by atoms with Crippen LogP contribution in [0.15, 0.2) is 52.0 Å². The van der Waals surface area contributed by atoms with Gasteiger partial charge >= 0.3 is 0 Å². The van der Waals surface area contributed by atoms with Gasteiger partial charge in [-0.25, -0.2) is 4.98 Å². The molecule has 0 radical (unpaired) electrons. The Hall–Kier alpha value is -4.27. The van der Waals surface area contributed by atoms with Crippen molar-refractivity contribution in [3.05, 3.63) is 81.5 Å². The molecular weight excluding hydrogens is 432 g/mol. The number of amides is 1. The summed E-state index contributed by atoms with van der Waals surface area (Å²) in [6, 6.07) is 11.7. The van der Waals surface area contributed by atoms with Crippen molar-refractivity contribution < 1.29 is 9.32 Å². The van der Waals surface area contributed by atoms with Crippen LogP contribution in [0, 0.1) is 27.7 Å². The minimum Gasteiger partial charge on any atom is -0.337 e. The van der Waals surface area contributed by atoms with Gasteiger partial charge in [-0.2, -0.15) is 4.98 Å². The number of fused-ring (bicyclic) bond motifs is 3. The fourth-order valence-corrected chi connectivity index (χ4v) is 4.23. The van der Waals surface area contributed by atoms with Crippen LogP contribution in [0.5, 0.6) is 0 Å². The maximum absolute atomic E-state index is 13.5. The van der Waals surface area contributed by atoms with Gasteiger partial charge in [0.1, 0.15) is 24.1 Å². The predicted molar refractivity (Wildman–Crippen MR) is 129 cm³/mol. The first-order valence-electron chi connectivity index (χ1n) is 10.9.